The Morgan fingerprint density at radius 3 is 2.81 bits per heavy atom. The van der Waals surface area contributed by atoms with E-state index in [0.29, 0.717) is 6.54 Å². The Morgan fingerprint density at radius 2 is 2.25 bits per heavy atom. The van der Waals surface area contributed by atoms with Crippen LogP contribution in [0.1, 0.15) is 13.3 Å². The number of urea groups is 1. The van der Waals surface area contributed by atoms with Crippen molar-refractivity contribution in [1.29, 1.82) is 0 Å². The molecule has 0 bridgehead atoms. The van der Waals surface area contributed by atoms with E-state index in [1.165, 1.54) is 0 Å². The fourth-order valence-corrected chi connectivity index (χ4v) is 1.57. The number of amides is 2. The Balaban J connectivity index is 3.50. The maximum atomic E-state index is 11.2. The summed E-state index contributed by atoms with van der Waals surface area (Å²) in [6.45, 7) is 5.80. The third-order valence-corrected chi connectivity index (χ3v) is 2.59. The van der Waals surface area contributed by atoms with Gasteiger partial charge in [-0.15, -0.1) is 6.58 Å². The van der Waals surface area contributed by atoms with E-state index in [1.807, 2.05) is 0 Å². The molecule has 0 radical (unpaired) electrons. The van der Waals surface area contributed by atoms with Gasteiger partial charge in [-0.3, -0.25) is 4.79 Å². The van der Waals surface area contributed by atoms with Crippen molar-refractivity contribution in [3.8, 4) is 0 Å². The Morgan fingerprint density at radius 1 is 1.56 bits per heavy atom. The number of carbonyl (C=O) groups excluding carboxylic acids is 1. The molecule has 2 amide bonds. The summed E-state index contributed by atoms with van der Waals surface area (Å²) >= 11 is 1.67. The lowest BCUT2D eigenvalue weighted by molar-refractivity contribution is -0.137. The number of hydrogen-bond acceptors (Lipinski definition) is 3. The first-order valence-electron chi connectivity index (χ1n) is 5.01. The zero-order valence-electron chi connectivity index (χ0n) is 9.36. The lowest BCUT2D eigenvalue weighted by Gasteiger charge is -2.12. The zero-order valence-corrected chi connectivity index (χ0v) is 10.2. The van der Waals surface area contributed by atoms with Crippen molar-refractivity contribution in [3.05, 3.63) is 12.7 Å². The molecule has 16 heavy (non-hydrogen) atoms. The third-order valence-electron chi connectivity index (χ3n) is 1.63. The van der Waals surface area contributed by atoms with E-state index in [-0.39, 0.29) is 18.5 Å². The first kappa shape index (κ1) is 14.8. The molecule has 0 saturated heterocycles. The molecular weight excluding hydrogens is 228 g/mol. The average Bonchev–Trinajstić information content (AvgIpc) is 2.15. The second kappa shape index (κ2) is 9.08. The smallest absolute Gasteiger partial charge is 0.315 e. The minimum Gasteiger partial charge on any atom is -0.481 e. The second-order valence-corrected chi connectivity index (χ2v) is 4.41. The topological polar surface area (TPSA) is 78.4 Å². The van der Waals surface area contributed by atoms with Gasteiger partial charge in [0.25, 0.3) is 0 Å². The summed E-state index contributed by atoms with van der Waals surface area (Å²) in [6, 6.07) is -0.689. The van der Waals surface area contributed by atoms with Crippen LogP contribution >= 0.6 is 11.8 Å². The molecule has 0 aromatic rings. The van der Waals surface area contributed by atoms with Crippen LogP contribution < -0.4 is 10.6 Å². The first-order chi connectivity index (χ1) is 7.56. The van der Waals surface area contributed by atoms with Crippen molar-refractivity contribution in [2.24, 2.45) is 0 Å². The van der Waals surface area contributed by atoms with E-state index in [9.17, 15) is 9.59 Å². The molecule has 6 heteroatoms. The van der Waals surface area contributed by atoms with Gasteiger partial charge in [-0.1, -0.05) is 6.08 Å². The predicted octanol–water partition coefficient (Wildman–Crippen LogP) is 1.07. The Labute approximate surface area is 99.7 Å². The zero-order chi connectivity index (χ0) is 12.4. The summed E-state index contributed by atoms with van der Waals surface area (Å²) in [7, 11) is 0. The standard InChI is InChI=1S/C10H18N2O3S/c1-3-5-16-6-4-11-10(15)12-8(2)7-9(13)14/h3,8H,1,4-7H2,2H3,(H,13,14)(H2,11,12,15). The van der Waals surface area contributed by atoms with E-state index in [2.05, 4.69) is 17.2 Å². The predicted molar refractivity (Wildman–Crippen MR) is 65.8 cm³/mol. The van der Waals surface area contributed by atoms with E-state index in [4.69, 9.17) is 5.11 Å². The van der Waals surface area contributed by atoms with Crippen molar-refractivity contribution in [2.75, 3.05) is 18.1 Å². The van der Waals surface area contributed by atoms with Gasteiger partial charge in [0.05, 0.1) is 6.42 Å². The van der Waals surface area contributed by atoms with E-state index >= 15 is 0 Å². The summed E-state index contributed by atoms with van der Waals surface area (Å²) in [5, 5.41) is 13.7. The number of carbonyl (C=O) groups is 2. The highest BCUT2D eigenvalue weighted by Crippen LogP contribution is 1.97. The average molecular weight is 246 g/mol. The van der Waals surface area contributed by atoms with Crippen molar-refractivity contribution >= 4 is 23.8 Å². The minimum atomic E-state index is -0.922. The second-order valence-electron chi connectivity index (χ2n) is 3.26. The number of carboxylic acids is 1. The van der Waals surface area contributed by atoms with Crippen molar-refractivity contribution in [3.63, 3.8) is 0 Å². The van der Waals surface area contributed by atoms with Crippen LogP contribution in [0, 0.1) is 0 Å². The maximum absolute atomic E-state index is 11.2. The molecule has 5 nitrogen and oxygen atoms in total. The molecule has 0 spiro atoms. The number of aliphatic carboxylic acids is 1. The summed E-state index contributed by atoms with van der Waals surface area (Å²) in [5.41, 5.74) is 0. The fraction of sp³-hybridized carbons (Fsp3) is 0.600. The van der Waals surface area contributed by atoms with Gasteiger partial charge in [-0.25, -0.2) is 4.79 Å². The number of hydrogen-bond donors (Lipinski definition) is 3. The Hall–Kier alpha value is -1.17. The molecule has 0 heterocycles. The van der Waals surface area contributed by atoms with E-state index in [0.717, 1.165) is 11.5 Å². The molecule has 0 aromatic heterocycles. The summed E-state index contributed by atoms with van der Waals surface area (Å²) in [4.78, 5) is 21.6. The maximum Gasteiger partial charge on any atom is 0.315 e. The molecule has 0 aromatic carbocycles. The van der Waals surface area contributed by atoms with Gasteiger partial charge in [-0.2, -0.15) is 11.8 Å². The number of carboxylic acid groups (broad SMARTS) is 1. The van der Waals surface area contributed by atoms with Gasteiger partial charge in [0.15, 0.2) is 0 Å². The minimum absolute atomic E-state index is 0.0708. The van der Waals surface area contributed by atoms with Crippen LogP contribution in [0.5, 0.6) is 0 Å². The molecule has 0 aliphatic carbocycles. The normalized spacial score (nSPS) is 11.6. The third kappa shape index (κ3) is 9.39. The van der Waals surface area contributed by atoms with Crippen LogP contribution in [0.2, 0.25) is 0 Å². The Bertz CT molecular complexity index is 246. The van der Waals surface area contributed by atoms with Gasteiger partial charge in [0.2, 0.25) is 0 Å². The molecule has 0 saturated carbocycles. The summed E-state index contributed by atoms with van der Waals surface area (Å²) < 4.78 is 0. The Kier molecular flexibility index (Phi) is 8.42. The van der Waals surface area contributed by atoms with Gasteiger partial charge in [0.1, 0.15) is 0 Å². The molecule has 0 fully saturated rings. The van der Waals surface area contributed by atoms with Gasteiger partial charge in [0, 0.05) is 24.1 Å². The van der Waals surface area contributed by atoms with Crippen LogP contribution in [0.15, 0.2) is 12.7 Å². The van der Waals surface area contributed by atoms with E-state index in [1.54, 1.807) is 24.8 Å². The summed E-state index contributed by atoms with van der Waals surface area (Å²) in [6.07, 6.45) is 1.73. The lowest BCUT2D eigenvalue weighted by atomic mass is 10.2. The molecule has 0 rings (SSSR count). The fourth-order valence-electron chi connectivity index (χ4n) is 0.991. The molecular formula is C10H18N2O3S. The number of nitrogens with one attached hydrogen (secondary N) is 2. The highest BCUT2D eigenvalue weighted by molar-refractivity contribution is 7.99. The first-order valence-corrected chi connectivity index (χ1v) is 6.16. The van der Waals surface area contributed by atoms with Crippen LogP contribution in [0.4, 0.5) is 4.79 Å². The van der Waals surface area contributed by atoms with Crippen LogP contribution in [0.3, 0.4) is 0 Å². The lowest BCUT2D eigenvalue weighted by Crippen LogP contribution is -2.42. The number of rotatable bonds is 8. The molecule has 92 valence electrons. The van der Waals surface area contributed by atoms with Crippen molar-refractivity contribution in [1.82, 2.24) is 10.6 Å². The largest absolute Gasteiger partial charge is 0.481 e. The van der Waals surface area contributed by atoms with E-state index < -0.39 is 5.97 Å². The molecule has 0 aliphatic rings. The SMILES string of the molecule is C=CCSCCNC(=O)NC(C)CC(=O)O. The van der Waals surface area contributed by atoms with Gasteiger partial charge >= 0.3 is 12.0 Å². The van der Waals surface area contributed by atoms with Gasteiger partial charge in [-0.05, 0) is 6.92 Å². The highest BCUT2D eigenvalue weighted by atomic mass is 32.2. The molecule has 3 N–H and O–H groups in total. The van der Waals surface area contributed by atoms with Crippen molar-refractivity contribution < 1.29 is 14.7 Å². The van der Waals surface area contributed by atoms with Crippen LogP contribution in [-0.2, 0) is 4.79 Å². The van der Waals surface area contributed by atoms with Gasteiger partial charge < -0.3 is 15.7 Å². The molecule has 1 unspecified atom stereocenters. The van der Waals surface area contributed by atoms with Crippen molar-refractivity contribution in [2.45, 2.75) is 19.4 Å². The summed E-state index contributed by atoms with van der Waals surface area (Å²) in [5.74, 6) is 0.750. The number of thioether (sulfide) groups is 1. The quantitative estimate of drug-likeness (QED) is 0.442. The molecule has 0 aliphatic heterocycles. The highest BCUT2D eigenvalue weighted by Gasteiger charge is 2.09. The monoisotopic (exact) mass is 246 g/mol. The van der Waals surface area contributed by atoms with Crippen LogP contribution in [0.25, 0.3) is 0 Å². The molecule has 1 atom stereocenters. The van der Waals surface area contributed by atoms with Crippen LogP contribution in [-0.4, -0.2) is 41.2 Å².